The van der Waals surface area contributed by atoms with E-state index in [-0.39, 0.29) is 6.61 Å². The summed E-state index contributed by atoms with van der Waals surface area (Å²) < 4.78 is 2.87. The molecule has 0 aliphatic heterocycles. The van der Waals surface area contributed by atoms with E-state index in [4.69, 9.17) is 5.11 Å². The molecular weight excluding hydrogens is 170 g/mol. The maximum Gasteiger partial charge on any atom is 0.0471 e. The van der Waals surface area contributed by atoms with Crippen molar-refractivity contribution in [2.45, 2.75) is 19.9 Å². The van der Waals surface area contributed by atoms with E-state index in [1.807, 2.05) is 13.8 Å². The van der Waals surface area contributed by atoms with Crippen molar-refractivity contribution in [3.8, 4) is 0 Å². The van der Waals surface area contributed by atoms with Crippen molar-refractivity contribution in [3.63, 3.8) is 0 Å². The van der Waals surface area contributed by atoms with Crippen molar-refractivity contribution in [2.75, 3.05) is 6.61 Å². The Morgan fingerprint density at radius 2 is 2.12 bits per heavy atom. The molecule has 0 amide bonds. The molecule has 2 unspecified atom stereocenters. The summed E-state index contributed by atoms with van der Waals surface area (Å²) in [4.78, 5) is 0. The van der Waals surface area contributed by atoms with Crippen LogP contribution in [-0.2, 0) is 0 Å². The van der Waals surface area contributed by atoms with Crippen LogP contribution in [0.25, 0.3) is 0 Å². The Morgan fingerprint density at radius 3 is 2.25 bits per heavy atom. The lowest BCUT2D eigenvalue weighted by Gasteiger charge is -2.14. The lowest BCUT2D eigenvalue weighted by molar-refractivity contribution is 0.218. The van der Waals surface area contributed by atoms with Crippen molar-refractivity contribution >= 4 is 16.1 Å². The van der Waals surface area contributed by atoms with E-state index >= 15 is 0 Å². The van der Waals surface area contributed by atoms with Crippen LogP contribution in [0, 0.1) is 5.92 Å². The lowest BCUT2D eigenvalue weighted by atomic mass is 10.1. The normalized spacial score (nSPS) is 18.0. The zero-order valence-electron chi connectivity index (χ0n) is 5.19. The average molecular weight is 182 g/mol. The molecule has 0 fully saturated rings. The van der Waals surface area contributed by atoms with Gasteiger partial charge >= 0.3 is 0 Å². The molecule has 0 radical (unpaired) electrons. The first-order valence-corrected chi connectivity index (χ1v) is 3.48. The van der Waals surface area contributed by atoms with Gasteiger partial charge < -0.3 is 5.11 Å². The molecule has 0 aliphatic carbocycles. The molecule has 0 heterocycles. The number of nitrogens with one attached hydrogen (secondary N) is 1. The van der Waals surface area contributed by atoms with Gasteiger partial charge in [0.2, 0.25) is 0 Å². The van der Waals surface area contributed by atoms with E-state index in [0.29, 0.717) is 12.0 Å². The first-order chi connectivity index (χ1) is 3.72. The highest BCUT2D eigenvalue weighted by Gasteiger charge is 2.07. The third-order valence-corrected chi connectivity index (χ3v) is 2.04. The summed E-state index contributed by atoms with van der Waals surface area (Å²) in [6.07, 6.45) is 0. The quantitative estimate of drug-likeness (QED) is 0.635. The number of aliphatic hydroxyl groups is 1. The minimum atomic E-state index is 0.236. The van der Waals surface area contributed by atoms with E-state index in [1.54, 1.807) is 0 Å². The summed E-state index contributed by atoms with van der Waals surface area (Å²) >= 11 is 3.10. The third-order valence-electron chi connectivity index (χ3n) is 1.31. The molecule has 0 saturated heterocycles. The van der Waals surface area contributed by atoms with E-state index in [0.717, 1.165) is 0 Å². The van der Waals surface area contributed by atoms with Gasteiger partial charge in [0.25, 0.3) is 0 Å². The van der Waals surface area contributed by atoms with Crippen LogP contribution in [0.4, 0.5) is 0 Å². The predicted molar refractivity (Wildman–Crippen MR) is 37.8 cm³/mol. The number of aliphatic hydroxyl groups excluding tert-OH is 1. The summed E-state index contributed by atoms with van der Waals surface area (Å²) in [5.41, 5.74) is 0. The topological polar surface area (TPSA) is 32.3 Å². The molecule has 2 atom stereocenters. The summed E-state index contributed by atoms with van der Waals surface area (Å²) in [5.74, 6) is 0.314. The van der Waals surface area contributed by atoms with E-state index < -0.39 is 0 Å². The van der Waals surface area contributed by atoms with Crippen molar-refractivity contribution in [3.05, 3.63) is 0 Å². The van der Waals surface area contributed by atoms with Gasteiger partial charge in [0.05, 0.1) is 0 Å². The van der Waals surface area contributed by atoms with Gasteiger partial charge in [-0.1, -0.05) is 6.92 Å². The van der Waals surface area contributed by atoms with Crippen molar-refractivity contribution in [1.29, 1.82) is 0 Å². The molecule has 0 aliphatic rings. The highest BCUT2D eigenvalue weighted by atomic mass is 79.9. The van der Waals surface area contributed by atoms with Crippen LogP contribution in [-0.4, -0.2) is 17.8 Å². The highest BCUT2D eigenvalue weighted by molar-refractivity contribution is 9.08. The second-order valence-electron chi connectivity index (χ2n) is 2.06. The van der Waals surface area contributed by atoms with Crippen LogP contribution in [0.3, 0.4) is 0 Å². The Hall–Kier alpha value is 0.400. The first kappa shape index (κ1) is 8.40. The van der Waals surface area contributed by atoms with E-state index in [1.165, 1.54) is 0 Å². The molecule has 0 spiro atoms. The van der Waals surface area contributed by atoms with E-state index in [9.17, 15) is 0 Å². The molecule has 0 aromatic carbocycles. The van der Waals surface area contributed by atoms with E-state index in [2.05, 4.69) is 20.5 Å². The minimum absolute atomic E-state index is 0.236. The zero-order valence-corrected chi connectivity index (χ0v) is 6.77. The average Bonchev–Trinajstić information content (AvgIpc) is 1.84. The Kier molecular flexibility index (Phi) is 4.51. The van der Waals surface area contributed by atoms with Gasteiger partial charge in [-0.3, -0.25) is 4.34 Å². The fourth-order valence-corrected chi connectivity index (χ4v) is 0.717. The Balaban J connectivity index is 3.29. The predicted octanol–water partition coefficient (Wildman–Crippen LogP) is 0.903. The zero-order chi connectivity index (χ0) is 6.57. The molecule has 0 saturated carbocycles. The maximum atomic E-state index is 8.58. The summed E-state index contributed by atoms with van der Waals surface area (Å²) in [6, 6.07) is 0.333. The minimum Gasteiger partial charge on any atom is -0.396 e. The number of rotatable bonds is 3. The van der Waals surface area contributed by atoms with Crippen LogP contribution in [0.1, 0.15) is 13.8 Å². The van der Waals surface area contributed by atoms with Crippen LogP contribution >= 0.6 is 16.1 Å². The SMILES string of the molecule is CC(CO)C(C)NBr. The summed E-state index contributed by atoms with van der Waals surface area (Å²) in [6.45, 7) is 4.23. The molecule has 0 aromatic heterocycles. The van der Waals surface area contributed by atoms with Crippen molar-refractivity contribution in [1.82, 2.24) is 4.34 Å². The number of halogens is 1. The van der Waals surface area contributed by atoms with Gasteiger partial charge in [-0.05, 0) is 12.8 Å². The Morgan fingerprint density at radius 1 is 1.62 bits per heavy atom. The van der Waals surface area contributed by atoms with Gasteiger partial charge in [0, 0.05) is 28.8 Å². The lowest BCUT2D eigenvalue weighted by Crippen LogP contribution is -2.26. The van der Waals surface area contributed by atoms with Crippen molar-refractivity contribution < 1.29 is 5.11 Å². The maximum absolute atomic E-state index is 8.58. The fraction of sp³-hybridized carbons (Fsp3) is 1.00. The fourth-order valence-electron chi connectivity index (χ4n) is 0.266. The number of hydrogen-bond acceptors (Lipinski definition) is 2. The summed E-state index contributed by atoms with van der Waals surface area (Å²) in [7, 11) is 0. The largest absolute Gasteiger partial charge is 0.396 e. The van der Waals surface area contributed by atoms with Crippen LogP contribution < -0.4 is 4.34 Å². The van der Waals surface area contributed by atoms with Crippen LogP contribution in [0.15, 0.2) is 0 Å². The standard InChI is InChI=1S/C5H12BrNO/c1-4(3-8)5(2)7-6/h4-5,7-8H,3H2,1-2H3. The smallest absolute Gasteiger partial charge is 0.0471 e. The molecular formula is C5H12BrNO. The summed E-state index contributed by atoms with van der Waals surface area (Å²) in [5, 5.41) is 8.58. The van der Waals surface area contributed by atoms with Crippen LogP contribution in [0.5, 0.6) is 0 Å². The molecule has 2 N–H and O–H groups in total. The monoisotopic (exact) mass is 181 g/mol. The van der Waals surface area contributed by atoms with Gasteiger partial charge in [-0.15, -0.1) is 0 Å². The molecule has 0 rings (SSSR count). The molecule has 0 bridgehead atoms. The molecule has 50 valence electrons. The molecule has 8 heavy (non-hydrogen) atoms. The molecule has 3 heteroatoms. The second kappa shape index (κ2) is 4.30. The van der Waals surface area contributed by atoms with Gasteiger partial charge in [0.1, 0.15) is 0 Å². The second-order valence-corrected chi connectivity index (χ2v) is 2.52. The molecule has 0 aromatic rings. The highest BCUT2D eigenvalue weighted by Crippen LogP contribution is 2.00. The first-order valence-electron chi connectivity index (χ1n) is 2.69. The van der Waals surface area contributed by atoms with Gasteiger partial charge in [-0.25, -0.2) is 0 Å². The number of hydrogen-bond donors (Lipinski definition) is 2. The van der Waals surface area contributed by atoms with Gasteiger partial charge in [-0.2, -0.15) is 0 Å². The van der Waals surface area contributed by atoms with Crippen LogP contribution in [0.2, 0.25) is 0 Å². The van der Waals surface area contributed by atoms with Crippen molar-refractivity contribution in [2.24, 2.45) is 5.92 Å². The third kappa shape index (κ3) is 2.64. The van der Waals surface area contributed by atoms with Gasteiger partial charge in [0.15, 0.2) is 0 Å². The molecule has 2 nitrogen and oxygen atoms in total. The Labute approximate surface area is 58.6 Å². The Bertz CT molecular complexity index is 52.4.